The standard InChI is InChI=1S/C32H35FN4O6S2/c33-22-8-6-21(7-9-22)28-14-26(31(44-28)32(39)40)37-27(20-4-2-1-3-5-20)18-36(19-30(37)38)45(41,42)25-12-13-29(34-15-25)35-16-23-10-11-24(17-35)43-23/h6-9,12-15,20,23-24,27H,1-5,10-11,16-19H2,(H,39,40). The number of halogens is 1. The second-order valence-corrected chi connectivity index (χ2v) is 15.4. The van der Waals surface area contributed by atoms with Crippen molar-refractivity contribution in [3.8, 4) is 10.4 Å². The number of piperazine rings is 1. The van der Waals surface area contributed by atoms with Crippen molar-refractivity contribution in [2.24, 2.45) is 5.92 Å². The first-order chi connectivity index (χ1) is 21.7. The van der Waals surface area contributed by atoms with Crippen molar-refractivity contribution in [3.63, 3.8) is 0 Å². The fourth-order valence-corrected chi connectivity index (χ4v) is 9.62. The van der Waals surface area contributed by atoms with Crippen LogP contribution >= 0.6 is 11.3 Å². The molecule has 1 saturated carbocycles. The van der Waals surface area contributed by atoms with Crippen LogP contribution in [0.3, 0.4) is 0 Å². The van der Waals surface area contributed by atoms with E-state index in [4.69, 9.17) is 4.74 Å². The molecular formula is C32H35FN4O6S2. The van der Waals surface area contributed by atoms with Crippen LogP contribution in [0, 0.1) is 11.7 Å². The highest BCUT2D eigenvalue weighted by molar-refractivity contribution is 7.89. The molecule has 4 fully saturated rings. The Balaban J connectivity index is 1.19. The number of morpholine rings is 1. The monoisotopic (exact) mass is 654 g/mol. The number of nitrogens with zero attached hydrogens (tertiary/aromatic N) is 4. The van der Waals surface area contributed by atoms with Gasteiger partial charge in [0.15, 0.2) is 0 Å². The maximum absolute atomic E-state index is 14.0. The van der Waals surface area contributed by atoms with Crippen LogP contribution in [-0.4, -0.2) is 79.1 Å². The number of sulfonamides is 1. The molecule has 3 saturated heterocycles. The molecule has 1 aliphatic carbocycles. The molecule has 4 aliphatic rings. The van der Waals surface area contributed by atoms with E-state index in [2.05, 4.69) is 9.88 Å². The highest BCUT2D eigenvalue weighted by Crippen LogP contribution is 2.42. The summed E-state index contributed by atoms with van der Waals surface area (Å²) in [5, 5.41) is 10.2. The summed E-state index contributed by atoms with van der Waals surface area (Å²) in [6.07, 6.45) is 8.36. The van der Waals surface area contributed by atoms with Gasteiger partial charge in [0.25, 0.3) is 0 Å². The van der Waals surface area contributed by atoms with Gasteiger partial charge in [-0.25, -0.2) is 22.6 Å². The predicted molar refractivity (Wildman–Crippen MR) is 168 cm³/mol. The average Bonchev–Trinajstić information content (AvgIpc) is 3.64. The topological polar surface area (TPSA) is 120 Å². The molecule has 0 radical (unpaired) electrons. The third-order valence-electron chi connectivity index (χ3n) is 9.52. The molecule has 1 aromatic carbocycles. The molecule has 13 heteroatoms. The van der Waals surface area contributed by atoms with E-state index in [1.165, 1.54) is 27.5 Å². The van der Waals surface area contributed by atoms with Gasteiger partial charge >= 0.3 is 5.97 Å². The predicted octanol–water partition coefficient (Wildman–Crippen LogP) is 5.00. The Morgan fingerprint density at radius 1 is 0.978 bits per heavy atom. The number of ether oxygens (including phenoxy) is 1. The number of carboxylic acids is 1. The molecule has 3 unspecified atom stereocenters. The molecule has 2 bridgehead atoms. The number of amides is 1. The summed E-state index contributed by atoms with van der Waals surface area (Å²) in [5.74, 6) is -1.34. The van der Waals surface area contributed by atoms with Gasteiger partial charge in [0.1, 0.15) is 21.4 Å². The van der Waals surface area contributed by atoms with E-state index in [1.54, 1.807) is 30.3 Å². The summed E-state index contributed by atoms with van der Waals surface area (Å²) < 4.78 is 48.6. The molecule has 3 aromatic rings. The Kier molecular flexibility index (Phi) is 8.13. The number of pyridine rings is 1. The van der Waals surface area contributed by atoms with Gasteiger partial charge in [0, 0.05) is 30.7 Å². The number of hydrogen-bond acceptors (Lipinski definition) is 8. The van der Waals surface area contributed by atoms with E-state index >= 15 is 0 Å². The molecule has 1 amide bonds. The minimum atomic E-state index is -4.07. The number of benzene rings is 1. The normalized spacial score (nSPS) is 24.7. The number of rotatable bonds is 7. The number of hydrogen-bond donors (Lipinski definition) is 1. The van der Waals surface area contributed by atoms with Crippen molar-refractivity contribution < 1.29 is 32.2 Å². The molecule has 0 spiro atoms. The van der Waals surface area contributed by atoms with E-state index in [-0.39, 0.29) is 40.1 Å². The van der Waals surface area contributed by atoms with Crippen molar-refractivity contribution in [3.05, 3.63) is 59.4 Å². The number of aromatic carboxylic acids is 1. The number of carboxylic acid groups (broad SMARTS) is 1. The second-order valence-electron chi connectivity index (χ2n) is 12.4. The number of aromatic nitrogens is 1. The Bertz CT molecular complexity index is 1680. The Labute approximate surface area is 265 Å². The highest BCUT2D eigenvalue weighted by atomic mass is 32.2. The smallest absolute Gasteiger partial charge is 0.348 e. The summed E-state index contributed by atoms with van der Waals surface area (Å²) in [4.78, 5) is 35.2. The summed E-state index contributed by atoms with van der Waals surface area (Å²) in [7, 11) is -4.07. The van der Waals surface area contributed by atoms with Gasteiger partial charge in [0.05, 0.1) is 30.5 Å². The Hall–Kier alpha value is -3.39. The number of carbonyl (C=O) groups excluding carboxylic acids is 1. The van der Waals surface area contributed by atoms with Crippen molar-refractivity contribution in [2.45, 2.75) is 68.1 Å². The summed E-state index contributed by atoms with van der Waals surface area (Å²) >= 11 is 1.02. The Morgan fingerprint density at radius 3 is 2.33 bits per heavy atom. The van der Waals surface area contributed by atoms with Gasteiger partial charge in [-0.05, 0) is 67.5 Å². The van der Waals surface area contributed by atoms with Gasteiger partial charge < -0.3 is 19.6 Å². The molecule has 238 valence electrons. The minimum absolute atomic E-state index is 0.00358. The summed E-state index contributed by atoms with van der Waals surface area (Å²) in [5.41, 5.74) is 0.897. The van der Waals surface area contributed by atoms with Crippen molar-refractivity contribution in [2.75, 3.05) is 36.0 Å². The summed E-state index contributed by atoms with van der Waals surface area (Å²) in [6.45, 7) is 1.08. The molecule has 5 heterocycles. The molecule has 7 rings (SSSR count). The molecule has 2 aromatic heterocycles. The van der Waals surface area contributed by atoms with Crippen LogP contribution in [0.4, 0.5) is 15.9 Å². The first kappa shape index (κ1) is 30.3. The lowest BCUT2D eigenvalue weighted by atomic mass is 9.82. The SMILES string of the molecule is O=C(O)c1sc(-c2ccc(F)cc2)cc1N1C(=O)CN(S(=O)(=O)c2ccc(N3CC4CCC(C3)O4)nc2)CC1C1CCCCC1. The van der Waals surface area contributed by atoms with Gasteiger partial charge in [0.2, 0.25) is 15.9 Å². The van der Waals surface area contributed by atoms with Crippen LogP contribution in [0.2, 0.25) is 0 Å². The number of carbonyl (C=O) groups is 2. The first-order valence-corrected chi connectivity index (χ1v) is 17.7. The quantitative estimate of drug-likeness (QED) is 0.378. The molecule has 1 N–H and O–H groups in total. The van der Waals surface area contributed by atoms with Crippen LogP contribution in [0.25, 0.3) is 10.4 Å². The lowest BCUT2D eigenvalue weighted by Gasteiger charge is -2.44. The zero-order valence-electron chi connectivity index (χ0n) is 24.7. The number of thiophene rings is 1. The van der Waals surface area contributed by atoms with Crippen molar-refractivity contribution >= 4 is 44.7 Å². The van der Waals surface area contributed by atoms with Gasteiger partial charge in [-0.2, -0.15) is 4.31 Å². The number of fused-ring (bicyclic) bond motifs is 2. The first-order valence-electron chi connectivity index (χ1n) is 15.5. The van der Waals surface area contributed by atoms with Gasteiger partial charge in [-0.3, -0.25) is 4.79 Å². The second kappa shape index (κ2) is 12.1. The van der Waals surface area contributed by atoms with Crippen molar-refractivity contribution in [1.82, 2.24) is 9.29 Å². The molecule has 3 aliphatic heterocycles. The third kappa shape index (κ3) is 5.86. The maximum Gasteiger partial charge on any atom is 0.348 e. The number of anilines is 2. The van der Waals surface area contributed by atoms with Crippen LogP contribution in [0.15, 0.2) is 53.6 Å². The molecule has 3 atom stereocenters. The molecule has 45 heavy (non-hydrogen) atoms. The van der Waals surface area contributed by atoms with E-state index in [0.29, 0.717) is 16.3 Å². The van der Waals surface area contributed by atoms with Crippen LogP contribution < -0.4 is 9.80 Å². The summed E-state index contributed by atoms with van der Waals surface area (Å²) in [6, 6.07) is 10.2. The maximum atomic E-state index is 14.0. The largest absolute Gasteiger partial charge is 0.477 e. The third-order valence-corrected chi connectivity index (χ3v) is 12.5. The molecular weight excluding hydrogens is 620 g/mol. The van der Waals surface area contributed by atoms with E-state index in [0.717, 1.165) is 69.4 Å². The van der Waals surface area contributed by atoms with Gasteiger partial charge in [-0.1, -0.05) is 31.4 Å². The highest BCUT2D eigenvalue weighted by Gasteiger charge is 2.44. The van der Waals surface area contributed by atoms with Crippen LogP contribution in [0.1, 0.15) is 54.6 Å². The zero-order chi connectivity index (χ0) is 31.3. The minimum Gasteiger partial charge on any atom is -0.477 e. The van der Waals surface area contributed by atoms with Crippen LogP contribution in [-0.2, 0) is 19.6 Å². The van der Waals surface area contributed by atoms with E-state index in [1.807, 2.05) is 0 Å². The Morgan fingerprint density at radius 2 is 1.69 bits per heavy atom. The molecule has 10 nitrogen and oxygen atoms in total. The van der Waals surface area contributed by atoms with Gasteiger partial charge in [-0.15, -0.1) is 11.3 Å². The fraction of sp³-hybridized carbons (Fsp3) is 0.469. The van der Waals surface area contributed by atoms with Crippen molar-refractivity contribution in [1.29, 1.82) is 0 Å². The zero-order valence-corrected chi connectivity index (χ0v) is 26.3. The lowest BCUT2D eigenvalue weighted by Crippen LogP contribution is -2.60. The fourth-order valence-electron chi connectivity index (χ4n) is 7.27. The van der Waals surface area contributed by atoms with Crippen LogP contribution in [0.5, 0.6) is 0 Å². The average molecular weight is 655 g/mol. The lowest BCUT2D eigenvalue weighted by molar-refractivity contribution is -0.121. The van der Waals surface area contributed by atoms with E-state index < -0.39 is 40.3 Å². The van der Waals surface area contributed by atoms with E-state index in [9.17, 15) is 27.5 Å².